The van der Waals surface area contributed by atoms with Crippen molar-refractivity contribution in [3.63, 3.8) is 0 Å². The summed E-state index contributed by atoms with van der Waals surface area (Å²) in [5.74, 6) is 0.535. The van der Waals surface area contributed by atoms with Crippen LogP contribution in [0.2, 0.25) is 6.04 Å². The maximum absolute atomic E-state index is 11.1. The van der Waals surface area contributed by atoms with Crippen LogP contribution in [0, 0.1) is 0 Å². The lowest BCUT2D eigenvalue weighted by Gasteiger charge is -2.28. The summed E-state index contributed by atoms with van der Waals surface area (Å²) in [6.07, 6.45) is 0.698. The molecule has 0 aromatic rings. The van der Waals surface area contributed by atoms with E-state index in [9.17, 15) is 9.59 Å². The highest BCUT2D eigenvalue weighted by Crippen LogP contribution is 2.20. The number of carbonyl (C=O) groups excluding carboxylic acids is 2. The highest BCUT2D eigenvalue weighted by Gasteiger charge is 2.39. The SMILES string of the molecule is CCO[Si](CCCSC(=O)C(=O)S)(OCC)OCC. The molecule has 0 aliphatic heterocycles. The first-order chi connectivity index (χ1) is 9.01. The third kappa shape index (κ3) is 8.11. The van der Waals surface area contributed by atoms with Gasteiger partial charge in [-0.3, -0.25) is 9.59 Å². The van der Waals surface area contributed by atoms with Crippen LogP contribution in [0.25, 0.3) is 0 Å². The van der Waals surface area contributed by atoms with Gasteiger partial charge in [0.05, 0.1) is 0 Å². The third-order valence-electron chi connectivity index (χ3n) is 2.13. The summed E-state index contributed by atoms with van der Waals surface area (Å²) in [7, 11) is -2.62. The van der Waals surface area contributed by atoms with E-state index < -0.39 is 19.0 Å². The number of thioether (sulfide) groups is 1. The molecule has 0 amide bonds. The Morgan fingerprint density at radius 3 is 1.89 bits per heavy atom. The van der Waals surface area contributed by atoms with Crippen LogP contribution in [0.5, 0.6) is 0 Å². The summed E-state index contributed by atoms with van der Waals surface area (Å²) in [6, 6.07) is 0.642. The zero-order valence-corrected chi connectivity index (χ0v) is 14.4. The molecule has 0 bridgehead atoms. The van der Waals surface area contributed by atoms with E-state index in [0.717, 1.165) is 11.8 Å². The number of rotatable bonds is 11. The molecule has 0 saturated heterocycles. The fraction of sp³-hybridized carbons (Fsp3) is 0.818. The second-order valence-corrected chi connectivity index (χ2v) is 7.73. The Morgan fingerprint density at radius 1 is 1.05 bits per heavy atom. The van der Waals surface area contributed by atoms with Crippen molar-refractivity contribution in [3.05, 3.63) is 0 Å². The molecule has 112 valence electrons. The highest BCUT2D eigenvalue weighted by molar-refractivity contribution is 8.19. The molecule has 0 N–H and O–H groups in total. The van der Waals surface area contributed by atoms with E-state index in [1.165, 1.54) is 0 Å². The first-order valence-electron chi connectivity index (χ1n) is 6.33. The molecule has 0 atom stereocenters. The summed E-state index contributed by atoms with van der Waals surface area (Å²) in [5.41, 5.74) is 0. The zero-order chi connectivity index (χ0) is 14.7. The van der Waals surface area contributed by atoms with Crippen LogP contribution < -0.4 is 0 Å². The molecule has 0 radical (unpaired) electrons. The molecule has 0 fully saturated rings. The van der Waals surface area contributed by atoms with Gasteiger partial charge < -0.3 is 13.3 Å². The smallest absolute Gasteiger partial charge is 0.374 e. The Kier molecular flexibility index (Phi) is 10.9. The van der Waals surface area contributed by atoms with Gasteiger partial charge in [0, 0.05) is 31.6 Å². The summed E-state index contributed by atoms with van der Waals surface area (Å²) < 4.78 is 17.0. The first kappa shape index (κ1) is 19.1. The van der Waals surface area contributed by atoms with Crippen LogP contribution in [-0.4, -0.2) is 44.6 Å². The molecule has 0 unspecified atom stereocenters. The van der Waals surface area contributed by atoms with E-state index in [4.69, 9.17) is 13.3 Å². The summed E-state index contributed by atoms with van der Waals surface area (Å²) >= 11 is 4.45. The lowest BCUT2D eigenvalue weighted by molar-refractivity contribution is -0.126. The van der Waals surface area contributed by atoms with Gasteiger partial charge in [0.25, 0.3) is 10.2 Å². The predicted molar refractivity (Wildman–Crippen MR) is 81.5 cm³/mol. The minimum Gasteiger partial charge on any atom is -0.374 e. The molecule has 0 rings (SSSR count). The molecule has 19 heavy (non-hydrogen) atoms. The first-order valence-corrected chi connectivity index (χ1v) is 9.69. The van der Waals surface area contributed by atoms with Crippen LogP contribution in [0.3, 0.4) is 0 Å². The molecule has 0 aliphatic carbocycles. The molecule has 0 spiro atoms. The van der Waals surface area contributed by atoms with Crippen molar-refractivity contribution in [2.24, 2.45) is 0 Å². The summed E-state index contributed by atoms with van der Waals surface area (Å²) in [4.78, 5) is 21.8. The molecule has 0 aliphatic rings. The second kappa shape index (κ2) is 10.9. The number of hydrogen-bond acceptors (Lipinski definition) is 6. The van der Waals surface area contributed by atoms with Crippen molar-refractivity contribution in [3.8, 4) is 0 Å². The molecule has 0 saturated carbocycles. The van der Waals surface area contributed by atoms with E-state index in [0.29, 0.717) is 38.0 Å². The molecule has 0 aromatic carbocycles. The van der Waals surface area contributed by atoms with Crippen LogP contribution in [0.1, 0.15) is 27.2 Å². The monoisotopic (exact) mass is 326 g/mol. The van der Waals surface area contributed by atoms with E-state index in [1.54, 1.807) is 0 Å². The average molecular weight is 327 g/mol. The normalized spacial score (nSPS) is 11.6. The Morgan fingerprint density at radius 2 is 1.53 bits per heavy atom. The molecular formula is C11H22O5S2Si. The van der Waals surface area contributed by atoms with Crippen LogP contribution in [0.15, 0.2) is 0 Å². The fourth-order valence-corrected chi connectivity index (χ4v) is 5.18. The maximum Gasteiger partial charge on any atom is 0.500 e. The molecule has 5 nitrogen and oxygen atoms in total. The third-order valence-corrected chi connectivity index (χ3v) is 6.57. The maximum atomic E-state index is 11.1. The number of hydrogen-bond donors (Lipinski definition) is 1. The van der Waals surface area contributed by atoms with Gasteiger partial charge in [-0.2, -0.15) is 0 Å². The van der Waals surface area contributed by atoms with Crippen molar-refractivity contribution in [1.82, 2.24) is 0 Å². The summed E-state index contributed by atoms with van der Waals surface area (Å²) in [5, 5.41) is -1.24. The molecule has 0 aromatic heterocycles. The second-order valence-electron chi connectivity index (χ2n) is 3.53. The standard InChI is InChI=1S/C11H22O5S2Si/c1-4-14-19(15-5-2,16-6-3)9-7-8-18-11(13)10(12)17/h4-9H2,1-3H3,(H,12,17). The van der Waals surface area contributed by atoms with Gasteiger partial charge in [-0.15, -0.1) is 0 Å². The average Bonchev–Trinajstić information content (AvgIpc) is 2.35. The van der Waals surface area contributed by atoms with Crippen molar-refractivity contribution in [2.45, 2.75) is 33.2 Å². The lowest BCUT2D eigenvalue weighted by Crippen LogP contribution is -2.46. The number of carbonyl (C=O) groups is 2. The highest BCUT2D eigenvalue weighted by atomic mass is 32.2. The Labute approximate surface area is 125 Å². The zero-order valence-electron chi connectivity index (χ0n) is 11.6. The predicted octanol–water partition coefficient (Wildman–Crippen LogP) is 2.14. The van der Waals surface area contributed by atoms with Gasteiger partial charge in [-0.1, -0.05) is 24.4 Å². The van der Waals surface area contributed by atoms with E-state index >= 15 is 0 Å². The van der Waals surface area contributed by atoms with E-state index in [2.05, 4.69) is 12.6 Å². The Balaban J connectivity index is 4.24. The van der Waals surface area contributed by atoms with E-state index in [1.807, 2.05) is 20.8 Å². The van der Waals surface area contributed by atoms with Crippen LogP contribution >= 0.6 is 24.4 Å². The summed E-state index contributed by atoms with van der Waals surface area (Å²) in [6.45, 7) is 7.31. The Bertz CT molecular complexity index is 271. The minimum atomic E-state index is -2.62. The van der Waals surface area contributed by atoms with Crippen molar-refractivity contribution >= 4 is 43.4 Å². The van der Waals surface area contributed by atoms with Gasteiger partial charge in [-0.25, -0.2) is 0 Å². The van der Waals surface area contributed by atoms with E-state index in [-0.39, 0.29) is 0 Å². The topological polar surface area (TPSA) is 61.8 Å². The van der Waals surface area contributed by atoms with Crippen molar-refractivity contribution < 1.29 is 22.9 Å². The van der Waals surface area contributed by atoms with Gasteiger partial charge in [-0.05, 0) is 27.2 Å². The minimum absolute atomic E-state index is 0.528. The van der Waals surface area contributed by atoms with Gasteiger partial charge in [0.15, 0.2) is 0 Å². The molecular weight excluding hydrogens is 304 g/mol. The number of thiol groups is 1. The van der Waals surface area contributed by atoms with Crippen LogP contribution in [0.4, 0.5) is 0 Å². The van der Waals surface area contributed by atoms with Gasteiger partial charge in [0.2, 0.25) is 0 Å². The molecule has 8 heteroatoms. The quantitative estimate of drug-likeness (QED) is 0.272. The van der Waals surface area contributed by atoms with Crippen LogP contribution in [-0.2, 0) is 22.9 Å². The fourth-order valence-electron chi connectivity index (χ4n) is 1.52. The van der Waals surface area contributed by atoms with Crippen molar-refractivity contribution in [2.75, 3.05) is 25.6 Å². The van der Waals surface area contributed by atoms with Crippen molar-refractivity contribution in [1.29, 1.82) is 0 Å². The largest absolute Gasteiger partial charge is 0.500 e. The lowest BCUT2D eigenvalue weighted by atomic mass is 10.6. The van der Waals surface area contributed by atoms with Gasteiger partial charge >= 0.3 is 8.80 Å². The Hall–Kier alpha value is 0.137. The molecule has 0 heterocycles. The van der Waals surface area contributed by atoms with Gasteiger partial charge in [0.1, 0.15) is 0 Å².